The van der Waals surface area contributed by atoms with Crippen molar-refractivity contribution in [3.8, 4) is 0 Å². The van der Waals surface area contributed by atoms with Gasteiger partial charge in [0.2, 0.25) is 5.95 Å². The van der Waals surface area contributed by atoms with E-state index in [0.29, 0.717) is 17.9 Å². The minimum atomic E-state index is 0.338. The molecule has 2 aromatic rings. The van der Waals surface area contributed by atoms with Crippen LogP contribution in [0.3, 0.4) is 0 Å². The number of hydrogen-bond donors (Lipinski definition) is 2. The van der Waals surface area contributed by atoms with Crippen LogP contribution in [0.2, 0.25) is 0 Å². The minimum absolute atomic E-state index is 0.338. The van der Waals surface area contributed by atoms with Crippen LogP contribution < -0.4 is 10.6 Å². The van der Waals surface area contributed by atoms with Crippen LogP contribution in [0.25, 0.3) is 0 Å². The molecule has 1 aliphatic heterocycles. The summed E-state index contributed by atoms with van der Waals surface area (Å²) in [7, 11) is 0. The van der Waals surface area contributed by atoms with Crippen LogP contribution >= 0.6 is 0 Å². The molecule has 7 heteroatoms. The number of nitrogens with one attached hydrogen (secondary N) is 2. The second-order valence-corrected chi connectivity index (χ2v) is 6.04. The van der Waals surface area contributed by atoms with Crippen LogP contribution in [0, 0.1) is 5.92 Å². The van der Waals surface area contributed by atoms with Gasteiger partial charge in [-0.2, -0.15) is 10.1 Å². The predicted octanol–water partition coefficient (Wildman–Crippen LogP) is 2.01. The maximum absolute atomic E-state index is 5.48. The van der Waals surface area contributed by atoms with Crippen molar-refractivity contribution in [3.63, 3.8) is 0 Å². The minimum Gasteiger partial charge on any atom is -0.379 e. The van der Waals surface area contributed by atoms with Crippen LogP contribution in [0.5, 0.6) is 0 Å². The van der Waals surface area contributed by atoms with Gasteiger partial charge in [-0.05, 0) is 30.9 Å². The normalized spacial score (nSPS) is 19.3. The Hall–Kier alpha value is -2.15. The Balaban J connectivity index is 1.48. The molecule has 0 spiro atoms. The summed E-state index contributed by atoms with van der Waals surface area (Å²) in [5.74, 6) is 1.93. The van der Waals surface area contributed by atoms with Gasteiger partial charge in [0.05, 0.1) is 12.6 Å². The number of aromatic nitrogens is 4. The van der Waals surface area contributed by atoms with Gasteiger partial charge >= 0.3 is 0 Å². The highest BCUT2D eigenvalue weighted by atomic mass is 16.5. The smallest absolute Gasteiger partial charge is 0.224 e. The van der Waals surface area contributed by atoms with Crippen molar-refractivity contribution in [3.05, 3.63) is 30.7 Å². The highest BCUT2D eigenvalue weighted by Crippen LogP contribution is 2.13. The Bertz CT molecular complexity index is 582. The van der Waals surface area contributed by atoms with Crippen LogP contribution in [0.15, 0.2) is 30.7 Å². The first-order chi connectivity index (χ1) is 11.3. The molecular formula is C16H24N6O. The molecule has 2 atom stereocenters. The molecule has 124 valence electrons. The summed E-state index contributed by atoms with van der Waals surface area (Å²) in [6.45, 7) is 5.46. The molecular weight excluding hydrogens is 292 g/mol. The Morgan fingerprint density at radius 3 is 3.17 bits per heavy atom. The number of anilines is 2. The van der Waals surface area contributed by atoms with Gasteiger partial charge in [-0.25, -0.2) is 4.98 Å². The molecule has 3 rings (SSSR count). The maximum Gasteiger partial charge on any atom is 0.224 e. The number of rotatable bonds is 7. The summed E-state index contributed by atoms with van der Waals surface area (Å²) in [6, 6.07) is 4.17. The average molecular weight is 316 g/mol. The van der Waals surface area contributed by atoms with Gasteiger partial charge in [0.25, 0.3) is 0 Å². The fourth-order valence-electron chi connectivity index (χ4n) is 2.65. The zero-order valence-electron chi connectivity index (χ0n) is 13.5. The van der Waals surface area contributed by atoms with Gasteiger partial charge in [-0.15, -0.1) is 0 Å². The quantitative estimate of drug-likeness (QED) is 0.814. The molecule has 3 heterocycles. The summed E-state index contributed by atoms with van der Waals surface area (Å²) >= 11 is 0. The summed E-state index contributed by atoms with van der Waals surface area (Å²) in [6.07, 6.45) is 7.77. The predicted molar refractivity (Wildman–Crippen MR) is 89.4 cm³/mol. The molecule has 2 aromatic heterocycles. The van der Waals surface area contributed by atoms with E-state index in [4.69, 9.17) is 4.74 Å². The van der Waals surface area contributed by atoms with Crippen LogP contribution in [0.4, 0.5) is 11.8 Å². The van der Waals surface area contributed by atoms with Gasteiger partial charge in [0.1, 0.15) is 5.82 Å². The van der Waals surface area contributed by atoms with Gasteiger partial charge in [-0.3, -0.25) is 4.68 Å². The van der Waals surface area contributed by atoms with E-state index in [1.54, 1.807) is 12.4 Å². The number of ether oxygens (including phenoxy) is 1. The van der Waals surface area contributed by atoms with Crippen LogP contribution in [0.1, 0.15) is 19.8 Å². The molecule has 1 aliphatic rings. The zero-order valence-corrected chi connectivity index (χ0v) is 13.5. The largest absolute Gasteiger partial charge is 0.379 e. The lowest BCUT2D eigenvalue weighted by Gasteiger charge is -2.23. The Morgan fingerprint density at radius 1 is 1.43 bits per heavy atom. The van der Waals surface area contributed by atoms with E-state index in [1.807, 2.05) is 23.0 Å². The lowest BCUT2D eigenvalue weighted by Crippen LogP contribution is -2.30. The molecule has 0 radical (unpaired) electrons. The fourth-order valence-corrected chi connectivity index (χ4v) is 2.65. The van der Waals surface area contributed by atoms with Crippen LogP contribution in [-0.2, 0) is 11.3 Å². The first-order valence-corrected chi connectivity index (χ1v) is 8.18. The van der Waals surface area contributed by atoms with Gasteiger partial charge in [0.15, 0.2) is 0 Å². The Morgan fingerprint density at radius 2 is 2.39 bits per heavy atom. The van der Waals surface area contributed by atoms with E-state index in [1.165, 1.54) is 0 Å². The Labute approximate surface area is 136 Å². The van der Waals surface area contributed by atoms with Gasteiger partial charge < -0.3 is 15.4 Å². The maximum atomic E-state index is 5.48. The summed E-state index contributed by atoms with van der Waals surface area (Å²) in [4.78, 5) is 8.81. The molecule has 0 amide bonds. The van der Waals surface area contributed by atoms with Crippen molar-refractivity contribution in [2.75, 3.05) is 30.4 Å². The third kappa shape index (κ3) is 4.92. The van der Waals surface area contributed by atoms with Gasteiger partial charge in [0, 0.05) is 38.3 Å². The molecule has 2 N–H and O–H groups in total. The molecule has 0 aromatic carbocycles. The highest BCUT2D eigenvalue weighted by Gasteiger charge is 2.14. The van der Waals surface area contributed by atoms with Gasteiger partial charge in [-0.1, -0.05) is 6.92 Å². The second kappa shape index (κ2) is 7.92. The highest BCUT2D eigenvalue weighted by molar-refractivity contribution is 5.40. The summed E-state index contributed by atoms with van der Waals surface area (Å²) in [5.41, 5.74) is 0. The van der Waals surface area contributed by atoms with E-state index in [0.717, 1.165) is 45.0 Å². The van der Waals surface area contributed by atoms with Crippen molar-refractivity contribution in [2.24, 2.45) is 5.92 Å². The molecule has 0 aliphatic carbocycles. The lowest BCUT2D eigenvalue weighted by atomic mass is 10.1. The third-order valence-corrected chi connectivity index (χ3v) is 3.83. The average Bonchev–Trinajstić information content (AvgIpc) is 3.07. The SMILES string of the molecule is C[C@H](CNc1nccc(N[C@@H]2CCCOC2)n1)Cn1cccn1. The van der Waals surface area contributed by atoms with Crippen molar-refractivity contribution in [2.45, 2.75) is 32.4 Å². The topological polar surface area (TPSA) is 76.9 Å². The van der Waals surface area contributed by atoms with E-state index in [9.17, 15) is 0 Å². The third-order valence-electron chi connectivity index (χ3n) is 3.83. The number of hydrogen-bond acceptors (Lipinski definition) is 6. The van der Waals surface area contributed by atoms with E-state index in [2.05, 4.69) is 32.6 Å². The monoisotopic (exact) mass is 316 g/mol. The van der Waals surface area contributed by atoms with E-state index >= 15 is 0 Å². The number of nitrogens with zero attached hydrogens (tertiary/aromatic N) is 4. The summed E-state index contributed by atoms with van der Waals surface area (Å²) in [5, 5.41) is 10.9. The summed E-state index contributed by atoms with van der Waals surface area (Å²) < 4.78 is 7.42. The standard InChI is InChI=1S/C16H24N6O/c1-13(11-22-8-3-6-19-22)10-18-16-17-7-5-15(21-16)20-14-4-2-9-23-12-14/h3,5-8,13-14H,2,4,9-12H2,1H3,(H2,17,18,20,21)/t13-,14-/m1/s1. The Kier molecular flexibility index (Phi) is 5.42. The van der Waals surface area contributed by atoms with Crippen LogP contribution in [-0.4, -0.2) is 45.5 Å². The van der Waals surface area contributed by atoms with E-state index < -0.39 is 0 Å². The second-order valence-electron chi connectivity index (χ2n) is 6.04. The molecule has 0 unspecified atom stereocenters. The molecule has 23 heavy (non-hydrogen) atoms. The molecule has 0 saturated carbocycles. The van der Waals surface area contributed by atoms with Crippen molar-refractivity contribution in [1.29, 1.82) is 0 Å². The van der Waals surface area contributed by atoms with Crippen molar-refractivity contribution < 1.29 is 4.74 Å². The van der Waals surface area contributed by atoms with Crippen molar-refractivity contribution >= 4 is 11.8 Å². The molecule has 0 bridgehead atoms. The zero-order chi connectivity index (χ0) is 15.9. The fraction of sp³-hybridized carbons (Fsp3) is 0.562. The molecule has 1 saturated heterocycles. The first kappa shape index (κ1) is 15.7. The first-order valence-electron chi connectivity index (χ1n) is 8.18. The lowest BCUT2D eigenvalue weighted by molar-refractivity contribution is 0.0875. The van der Waals surface area contributed by atoms with Crippen molar-refractivity contribution in [1.82, 2.24) is 19.7 Å². The van der Waals surface area contributed by atoms with E-state index in [-0.39, 0.29) is 0 Å². The molecule has 7 nitrogen and oxygen atoms in total. The molecule has 1 fully saturated rings.